The number of hydrogen-bond acceptors (Lipinski definition) is 4. The topological polar surface area (TPSA) is 95.2 Å². The van der Waals surface area contributed by atoms with Crippen LogP contribution in [0.5, 0.6) is 0 Å². The van der Waals surface area contributed by atoms with E-state index in [-0.39, 0.29) is 5.91 Å². The summed E-state index contributed by atoms with van der Waals surface area (Å²) >= 11 is 0. The lowest BCUT2D eigenvalue weighted by Gasteiger charge is -2.22. The largest absolute Gasteiger partial charge is 0.444 e. The second kappa shape index (κ2) is 6.24. The molecule has 0 saturated carbocycles. The van der Waals surface area contributed by atoms with Crippen LogP contribution in [0.1, 0.15) is 32.4 Å². The predicted molar refractivity (Wildman–Crippen MR) is 70.1 cm³/mol. The molecule has 0 saturated heterocycles. The number of carbonyl (C=O) groups excluding carboxylic acids is 2. The third-order valence-corrected chi connectivity index (χ3v) is 2.13. The van der Waals surface area contributed by atoms with Crippen molar-refractivity contribution in [2.45, 2.75) is 32.4 Å². The molecule has 0 aliphatic carbocycles. The molecule has 1 rings (SSSR count). The average Bonchev–Trinajstić information content (AvgIpc) is 2.76. The van der Waals surface area contributed by atoms with Gasteiger partial charge in [-0.2, -0.15) is 0 Å². The molecule has 2 amide bonds. The second-order valence-corrected chi connectivity index (χ2v) is 4.96. The number of rotatable bonds is 4. The van der Waals surface area contributed by atoms with Crippen molar-refractivity contribution >= 4 is 12.0 Å². The maximum Gasteiger partial charge on any atom is 0.408 e. The van der Waals surface area contributed by atoms with Crippen molar-refractivity contribution in [3.05, 3.63) is 24.0 Å². The Labute approximate surface area is 112 Å². The van der Waals surface area contributed by atoms with Crippen LogP contribution in [0.4, 0.5) is 4.79 Å². The highest BCUT2D eigenvalue weighted by Gasteiger charge is 2.25. The number of H-pyrrole nitrogens is 1. The number of aromatic nitrogens is 1. The van der Waals surface area contributed by atoms with Crippen LogP contribution in [0.2, 0.25) is 0 Å². The summed E-state index contributed by atoms with van der Waals surface area (Å²) in [5, 5.41) is 2.53. The van der Waals surface area contributed by atoms with Crippen molar-refractivity contribution in [3.8, 4) is 0 Å². The Morgan fingerprint density at radius 1 is 1.37 bits per heavy atom. The van der Waals surface area contributed by atoms with E-state index in [1.165, 1.54) is 0 Å². The SMILES string of the molecule is CNNC(=O)C(NC(=O)OC(C)(C)C)c1cc[nH]c1. The molecule has 4 N–H and O–H groups in total. The lowest BCUT2D eigenvalue weighted by atomic mass is 10.1. The van der Waals surface area contributed by atoms with E-state index in [9.17, 15) is 9.59 Å². The van der Waals surface area contributed by atoms with Gasteiger partial charge >= 0.3 is 6.09 Å². The molecule has 7 nitrogen and oxygen atoms in total. The van der Waals surface area contributed by atoms with Gasteiger partial charge in [0.05, 0.1) is 0 Å². The number of hydrazine groups is 1. The second-order valence-electron chi connectivity index (χ2n) is 4.96. The summed E-state index contributed by atoms with van der Waals surface area (Å²) < 4.78 is 5.13. The van der Waals surface area contributed by atoms with Crippen LogP contribution in [0.15, 0.2) is 18.5 Å². The molecule has 0 aliphatic heterocycles. The number of hydrogen-bond donors (Lipinski definition) is 4. The van der Waals surface area contributed by atoms with E-state index in [1.54, 1.807) is 46.3 Å². The number of amides is 2. The molecule has 1 heterocycles. The number of aromatic amines is 1. The van der Waals surface area contributed by atoms with Crippen LogP contribution in [0, 0.1) is 0 Å². The third-order valence-electron chi connectivity index (χ3n) is 2.13. The summed E-state index contributed by atoms with van der Waals surface area (Å²) in [7, 11) is 1.57. The molecule has 1 aromatic rings. The Kier molecular flexibility index (Phi) is 4.94. The van der Waals surface area contributed by atoms with E-state index in [0.717, 1.165) is 0 Å². The minimum absolute atomic E-state index is 0.382. The van der Waals surface area contributed by atoms with Gasteiger partial charge in [0.25, 0.3) is 5.91 Å². The summed E-state index contributed by atoms with van der Waals surface area (Å²) in [6.45, 7) is 5.27. The molecule has 0 spiro atoms. The number of nitrogens with one attached hydrogen (secondary N) is 4. The van der Waals surface area contributed by atoms with E-state index in [4.69, 9.17) is 4.74 Å². The normalized spacial score (nSPS) is 12.6. The van der Waals surface area contributed by atoms with Crippen molar-refractivity contribution in [2.75, 3.05) is 7.05 Å². The van der Waals surface area contributed by atoms with Crippen molar-refractivity contribution < 1.29 is 14.3 Å². The van der Waals surface area contributed by atoms with Gasteiger partial charge < -0.3 is 15.0 Å². The molecular weight excluding hydrogens is 248 g/mol. The van der Waals surface area contributed by atoms with Crippen LogP contribution >= 0.6 is 0 Å². The Morgan fingerprint density at radius 2 is 2.05 bits per heavy atom. The Bertz CT molecular complexity index is 423. The molecule has 19 heavy (non-hydrogen) atoms. The standard InChI is InChI=1S/C12H20N4O3/c1-12(2,3)19-11(18)15-9(10(17)16-13-4)8-5-6-14-7-8/h5-7,9,13-14H,1-4H3,(H,15,18)(H,16,17). The summed E-state index contributed by atoms with van der Waals surface area (Å²) in [4.78, 5) is 26.5. The van der Waals surface area contributed by atoms with Crippen LogP contribution < -0.4 is 16.2 Å². The first-order valence-electron chi connectivity index (χ1n) is 5.92. The summed E-state index contributed by atoms with van der Waals surface area (Å²) in [5.74, 6) is -0.382. The zero-order valence-electron chi connectivity index (χ0n) is 11.5. The zero-order chi connectivity index (χ0) is 14.5. The van der Waals surface area contributed by atoms with E-state index in [2.05, 4.69) is 21.2 Å². The number of alkyl carbamates (subject to hydrolysis) is 1. The van der Waals surface area contributed by atoms with Gasteiger partial charge in [-0.25, -0.2) is 10.2 Å². The van der Waals surface area contributed by atoms with Crippen LogP contribution in [0.3, 0.4) is 0 Å². The molecule has 7 heteroatoms. The Balaban J connectivity index is 2.76. The van der Waals surface area contributed by atoms with Gasteiger partial charge in [-0.05, 0) is 26.8 Å². The molecule has 0 radical (unpaired) electrons. The van der Waals surface area contributed by atoms with E-state index >= 15 is 0 Å². The summed E-state index contributed by atoms with van der Waals surface area (Å²) in [5.41, 5.74) is 4.98. The van der Waals surface area contributed by atoms with Gasteiger partial charge in [0, 0.05) is 25.0 Å². The fourth-order valence-corrected chi connectivity index (χ4v) is 1.44. The van der Waals surface area contributed by atoms with Gasteiger partial charge in [0.1, 0.15) is 11.6 Å². The number of ether oxygens (including phenoxy) is 1. The van der Waals surface area contributed by atoms with E-state index < -0.39 is 17.7 Å². The molecule has 0 aromatic carbocycles. The van der Waals surface area contributed by atoms with Crippen molar-refractivity contribution in [2.24, 2.45) is 0 Å². The molecule has 1 aromatic heterocycles. The molecule has 1 atom stereocenters. The van der Waals surface area contributed by atoms with Gasteiger partial charge in [-0.3, -0.25) is 10.2 Å². The molecule has 0 aliphatic rings. The Morgan fingerprint density at radius 3 is 2.53 bits per heavy atom. The fourth-order valence-electron chi connectivity index (χ4n) is 1.44. The molecule has 106 valence electrons. The predicted octanol–water partition coefficient (Wildman–Crippen LogP) is 0.831. The van der Waals surface area contributed by atoms with Crippen LogP contribution in [-0.2, 0) is 9.53 Å². The highest BCUT2D eigenvalue weighted by molar-refractivity contribution is 5.86. The zero-order valence-corrected chi connectivity index (χ0v) is 11.5. The lowest BCUT2D eigenvalue weighted by Crippen LogP contribution is -2.45. The lowest BCUT2D eigenvalue weighted by molar-refractivity contribution is -0.124. The average molecular weight is 268 g/mol. The van der Waals surface area contributed by atoms with Gasteiger partial charge in [0.2, 0.25) is 0 Å². The van der Waals surface area contributed by atoms with Gasteiger partial charge in [-0.15, -0.1) is 0 Å². The van der Waals surface area contributed by atoms with E-state index in [1.807, 2.05) is 0 Å². The molecular formula is C12H20N4O3. The quantitative estimate of drug-likeness (QED) is 0.608. The third kappa shape index (κ3) is 5.01. The minimum Gasteiger partial charge on any atom is -0.444 e. The monoisotopic (exact) mass is 268 g/mol. The maximum atomic E-state index is 11.9. The van der Waals surface area contributed by atoms with Crippen molar-refractivity contribution in [1.29, 1.82) is 0 Å². The Hall–Kier alpha value is -2.02. The summed E-state index contributed by atoms with van der Waals surface area (Å²) in [6, 6.07) is 0.880. The minimum atomic E-state index is -0.825. The highest BCUT2D eigenvalue weighted by Crippen LogP contribution is 2.14. The maximum absolute atomic E-state index is 11.9. The molecule has 0 bridgehead atoms. The molecule has 0 fully saturated rings. The van der Waals surface area contributed by atoms with Crippen molar-refractivity contribution in [3.63, 3.8) is 0 Å². The highest BCUT2D eigenvalue weighted by atomic mass is 16.6. The van der Waals surface area contributed by atoms with E-state index in [0.29, 0.717) is 5.56 Å². The first-order valence-corrected chi connectivity index (χ1v) is 5.92. The molecule has 1 unspecified atom stereocenters. The van der Waals surface area contributed by atoms with Crippen LogP contribution in [-0.4, -0.2) is 29.6 Å². The number of carbonyl (C=O) groups is 2. The first kappa shape index (κ1) is 15.0. The summed E-state index contributed by atoms with van der Waals surface area (Å²) in [6.07, 6.45) is 2.66. The van der Waals surface area contributed by atoms with Gasteiger partial charge in [0.15, 0.2) is 0 Å². The van der Waals surface area contributed by atoms with Gasteiger partial charge in [-0.1, -0.05) is 0 Å². The fraction of sp³-hybridized carbons (Fsp3) is 0.500. The first-order chi connectivity index (χ1) is 8.83. The van der Waals surface area contributed by atoms with Crippen molar-refractivity contribution in [1.82, 2.24) is 21.2 Å². The smallest absolute Gasteiger partial charge is 0.408 e. The van der Waals surface area contributed by atoms with Crippen LogP contribution in [0.25, 0.3) is 0 Å².